The number of rotatable bonds is 4. The predicted molar refractivity (Wildman–Crippen MR) is 82.4 cm³/mol. The lowest BCUT2D eigenvalue weighted by molar-refractivity contribution is -0.138. The number of hydrogen-bond donors (Lipinski definition) is 2. The fourth-order valence-electron chi connectivity index (χ4n) is 3.07. The molecule has 0 saturated carbocycles. The van der Waals surface area contributed by atoms with Crippen molar-refractivity contribution in [2.24, 2.45) is 5.92 Å². The van der Waals surface area contributed by atoms with Crippen LogP contribution in [0.15, 0.2) is 6.20 Å². The Kier molecular flexibility index (Phi) is 4.12. The number of hydrogen-bond acceptors (Lipinski definition) is 6. The summed E-state index contributed by atoms with van der Waals surface area (Å²) in [5.41, 5.74) is 1.42. The Bertz CT molecular complexity index is 727. The molecule has 1 fully saturated rings. The Labute approximate surface area is 136 Å². The van der Waals surface area contributed by atoms with Gasteiger partial charge in [-0.25, -0.2) is 4.98 Å². The third kappa shape index (κ3) is 3.09. The monoisotopic (exact) mass is 335 g/mol. The van der Waals surface area contributed by atoms with E-state index < -0.39 is 5.97 Å². The van der Waals surface area contributed by atoms with Crippen LogP contribution < -0.4 is 0 Å². The quantitative estimate of drug-likeness (QED) is 0.868. The molecule has 3 rings (SSSR count). The van der Waals surface area contributed by atoms with Gasteiger partial charge in [0.2, 0.25) is 0 Å². The number of aromatic nitrogens is 4. The molecular weight excluding hydrogens is 318 g/mol. The summed E-state index contributed by atoms with van der Waals surface area (Å²) in [6.45, 7) is 4.53. The first kappa shape index (κ1) is 15.6. The van der Waals surface area contributed by atoms with Crippen LogP contribution >= 0.6 is 11.3 Å². The summed E-state index contributed by atoms with van der Waals surface area (Å²) in [6.07, 6.45) is 1.59. The van der Waals surface area contributed by atoms with Crippen LogP contribution in [0.3, 0.4) is 0 Å². The zero-order chi connectivity index (χ0) is 16.6. The molecule has 0 unspecified atom stereocenters. The van der Waals surface area contributed by atoms with Gasteiger partial charge in [-0.2, -0.15) is 15.4 Å². The number of thiazole rings is 1. The number of nitrogens with zero attached hydrogens (tertiary/aromatic N) is 4. The minimum Gasteiger partial charge on any atom is -0.481 e. The fourth-order valence-corrected chi connectivity index (χ4v) is 3.95. The van der Waals surface area contributed by atoms with Crippen molar-refractivity contribution in [3.8, 4) is 0 Å². The first-order valence-electron chi connectivity index (χ1n) is 7.26. The van der Waals surface area contributed by atoms with Crippen LogP contribution in [0.5, 0.6) is 0 Å². The van der Waals surface area contributed by atoms with Gasteiger partial charge < -0.3 is 10.0 Å². The Hall–Kier alpha value is -2.29. The van der Waals surface area contributed by atoms with Crippen molar-refractivity contribution in [1.82, 2.24) is 25.3 Å². The second kappa shape index (κ2) is 6.07. The molecule has 8 nitrogen and oxygen atoms in total. The number of H-pyrrole nitrogens is 1. The van der Waals surface area contributed by atoms with Crippen LogP contribution in [0.25, 0.3) is 0 Å². The van der Waals surface area contributed by atoms with Crippen LogP contribution in [0, 0.1) is 19.8 Å². The van der Waals surface area contributed by atoms with Crippen molar-refractivity contribution in [3.05, 3.63) is 27.5 Å². The third-order valence-electron chi connectivity index (χ3n) is 4.08. The van der Waals surface area contributed by atoms with Gasteiger partial charge >= 0.3 is 5.97 Å². The van der Waals surface area contributed by atoms with Gasteiger partial charge in [0.05, 0.1) is 29.0 Å². The number of aryl methyl sites for hydroxylation is 2. The number of likely N-dealkylation sites (tertiary alicyclic amines) is 1. The summed E-state index contributed by atoms with van der Waals surface area (Å²) in [6, 6.07) is 0. The van der Waals surface area contributed by atoms with Gasteiger partial charge in [-0.15, -0.1) is 11.3 Å². The summed E-state index contributed by atoms with van der Waals surface area (Å²) in [4.78, 5) is 30.5. The van der Waals surface area contributed by atoms with Crippen LogP contribution in [0.4, 0.5) is 0 Å². The van der Waals surface area contributed by atoms with E-state index in [1.54, 1.807) is 11.1 Å². The molecule has 0 aliphatic carbocycles. The largest absolute Gasteiger partial charge is 0.481 e. The summed E-state index contributed by atoms with van der Waals surface area (Å²) < 4.78 is 0. The van der Waals surface area contributed by atoms with E-state index in [9.17, 15) is 9.59 Å². The average molecular weight is 335 g/mol. The number of nitrogens with one attached hydrogen (secondary N) is 1. The molecule has 3 heterocycles. The summed E-state index contributed by atoms with van der Waals surface area (Å²) in [5.74, 6) is -1.25. The molecule has 2 aromatic rings. The van der Waals surface area contributed by atoms with E-state index >= 15 is 0 Å². The normalized spacial score (nSPS) is 20.9. The van der Waals surface area contributed by atoms with Gasteiger partial charge in [0.1, 0.15) is 4.88 Å². The van der Waals surface area contributed by atoms with Gasteiger partial charge in [0.15, 0.2) is 0 Å². The lowest BCUT2D eigenvalue weighted by Crippen LogP contribution is -2.29. The maximum absolute atomic E-state index is 12.7. The molecule has 2 aromatic heterocycles. The SMILES string of the molecule is Cc1nc(C)c(C(=O)N2C[C@H](CC(=O)O)[C@H](c3cn[nH]n3)C2)s1. The van der Waals surface area contributed by atoms with Gasteiger partial charge in [0.25, 0.3) is 5.91 Å². The number of carboxylic acids is 1. The minimum absolute atomic E-state index is 0.00199. The smallest absolute Gasteiger partial charge is 0.303 e. The Morgan fingerprint density at radius 1 is 1.43 bits per heavy atom. The Balaban J connectivity index is 1.83. The molecule has 0 radical (unpaired) electrons. The third-order valence-corrected chi connectivity index (χ3v) is 5.14. The zero-order valence-corrected chi connectivity index (χ0v) is 13.6. The Morgan fingerprint density at radius 2 is 2.22 bits per heavy atom. The maximum atomic E-state index is 12.7. The molecule has 1 amide bonds. The molecular formula is C14H17N5O3S. The summed E-state index contributed by atoms with van der Waals surface area (Å²) >= 11 is 1.37. The van der Waals surface area contributed by atoms with Crippen molar-refractivity contribution in [2.75, 3.05) is 13.1 Å². The van der Waals surface area contributed by atoms with E-state index in [0.717, 1.165) is 10.7 Å². The molecule has 0 spiro atoms. The van der Waals surface area contributed by atoms with Crippen LogP contribution in [0.1, 0.15) is 38.4 Å². The first-order valence-corrected chi connectivity index (χ1v) is 8.08. The number of amides is 1. The van der Waals surface area contributed by atoms with E-state index in [4.69, 9.17) is 5.11 Å². The number of aliphatic carboxylic acids is 1. The summed E-state index contributed by atoms with van der Waals surface area (Å²) in [7, 11) is 0. The van der Waals surface area contributed by atoms with E-state index in [1.807, 2.05) is 13.8 Å². The molecule has 1 aliphatic rings. The highest BCUT2D eigenvalue weighted by atomic mass is 32.1. The van der Waals surface area contributed by atoms with E-state index in [2.05, 4.69) is 20.4 Å². The van der Waals surface area contributed by atoms with Gasteiger partial charge in [-0.3, -0.25) is 9.59 Å². The molecule has 122 valence electrons. The molecule has 9 heteroatoms. The maximum Gasteiger partial charge on any atom is 0.303 e. The minimum atomic E-state index is -0.873. The second-order valence-corrected chi connectivity index (χ2v) is 6.92. The number of carbonyl (C=O) groups is 2. The summed E-state index contributed by atoms with van der Waals surface area (Å²) in [5, 5.41) is 20.4. The number of carboxylic acid groups (broad SMARTS) is 1. The molecule has 0 bridgehead atoms. The molecule has 2 N–H and O–H groups in total. The van der Waals surface area contributed by atoms with Crippen molar-refractivity contribution < 1.29 is 14.7 Å². The molecule has 0 aromatic carbocycles. The molecule has 2 atom stereocenters. The zero-order valence-electron chi connectivity index (χ0n) is 12.8. The van der Waals surface area contributed by atoms with E-state index in [-0.39, 0.29) is 24.2 Å². The van der Waals surface area contributed by atoms with Crippen molar-refractivity contribution in [3.63, 3.8) is 0 Å². The standard InChI is InChI=1S/C14H17N5O3S/c1-7-13(23-8(2)16-7)14(22)19-5-9(3-12(20)21)10(6-19)11-4-15-18-17-11/h4,9-10H,3,5-6H2,1-2H3,(H,20,21)(H,15,17,18)/t9-,10+/m0/s1. The van der Waals surface area contributed by atoms with Crippen LogP contribution in [-0.2, 0) is 4.79 Å². The molecule has 23 heavy (non-hydrogen) atoms. The highest BCUT2D eigenvalue weighted by molar-refractivity contribution is 7.13. The lowest BCUT2D eigenvalue weighted by Gasteiger charge is -2.15. The fraction of sp³-hybridized carbons (Fsp3) is 0.500. The van der Waals surface area contributed by atoms with Crippen molar-refractivity contribution >= 4 is 23.2 Å². The van der Waals surface area contributed by atoms with Gasteiger partial charge in [-0.1, -0.05) is 0 Å². The molecule has 1 saturated heterocycles. The molecule has 1 aliphatic heterocycles. The lowest BCUT2D eigenvalue weighted by atomic mass is 9.91. The number of aromatic amines is 1. The second-order valence-electron chi connectivity index (χ2n) is 5.72. The van der Waals surface area contributed by atoms with Crippen molar-refractivity contribution in [1.29, 1.82) is 0 Å². The number of carbonyl (C=O) groups excluding carboxylic acids is 1. The van der Waals surface area contributed by atoms with Crippen molar-refractivity contribution in [2.45, 2.75) is 26.2 Å². The topological polar surface area (TPSA) is 112 Å². The highest BCUT2D eigenvalue weighted by Crippen LogP contribution is 2.35. The highest BCUT2D eigenvalue weighted by Gasteiger charge is 2.39. The average Bonchev–Trinajstić information content (AvgIpc) is 3.17. The Morgan fingerprint density at radius 3 is 2.78 bits per heavy atom. The first-order chi connectivity index (χ1) is 11.0. The van der Waals surface area contributed by atoms with Crippen LogP contribution in [0.2, 0.25) is 0 Å². The predicted octanol–water partition coefficient (Wildman–Crippen LogP) is 1.21. The van der Waals surface area contributed by atoms with E-state index in [1.165, 1.54) is 11.3 Å². The van der Waals surface area contributed by atoms with Gasteiger partial charge in [-0.05, 0) is 19.8 Å². The van der Waals surface area contributed by atoms with Gasteiger partial charge in [0, 0.05) is 19.0 Å². The van der Waals surface area contributed by atoms with Crippen LogP contribution in [-0.4, -0.2) is 55.4 Å². The van der Waals surface area contributed by atoms with E-state index in [0.29, 0.717) is 23.7 Å².